The van der Waals surface area contributed by atoms with Crippen LogP contribution in [-0.2, 0) is 11.2 Å². The monoisotopic (exact) mass is 444 g/mol. The van der Waals surface area contributed by atoms with E-state index in [1.165, 1.54) is 11.3 Å². The molecule has 0 aliphatic carbocycles. The fourth-order valence-corrected chi connectivity index (χ4v) is 4.59. The van der Waals surface area contributed by atoms with Gasteiger partial charge in [-0.25, -0.2) is 4.98 Å². The van der Waals surface area contributed by atoms with Crippen LogP contribution in [0.15, 0.2) is 54.6 Å². The molecule has 0 bridgehead atoms. The number of aromatic nitrogens is 1. The minimum Gasteiger partial charge on any atom is -0.399 e. The quantitative estimate of drug-likeness (QED) is 0.367. The maximum absolute atomic E-state index is 12.9. The maximum Gasteiger partial charge on any atom is 0.255 e. The van der Waals surface area contributed by atoms with Gasteiger partial charge in [-0.1, -0.05) is 41.2 Å². The van der Waals surface area contributed by atoms with Crippen molar-refractivity contribution in [1.82, 2.24) is 4.98 Å². The van der Waals surface area contributed by atoms with E-state index in [0.29, 0.717) is 16.4 Å². The first-order chi connectivity index (χ1) is 15.3. The third-order valence-corrected chi connectivity index (χ3v) is 6.09. The first kappa shape index (κ1) is 21.5. The molecule has 4 aromatic rings. The van der Waals surface area contributed by atoms with E-state index in [-0.39, 0.29) is 18.2 Å². The highest BCUT2D eigenvalue weighted by Crippen LogP contribution is 2.28. The predicted molar refractivity (Wildman–Crippen MR) is 131 cm³/mol. The lowest BCUT2D eigenvalue weighted by Gasteiger charge is -2.12. The lowest BCUT2D eigenvalue weighted by Crippen LogP contribution is -2.14. The van der Waals surface area contributed by atoms with Crippen LogP contribution in [0, 0.1) is 20.8 Å². The Morgan fingerprint density at radius 1 is 0.938 bits per heavy atom. The topological polar surface area (TPSA) is 97.1 Å². The number of amides is 2. The molecule has 0 saturated carbocycles. The predicted octanol–water partition coefficient (Wildman–Crippen LogP) is 5.24. The molecule has 0 aliphatic heterocycles. The molecule has 1 heterocycles. The number of nitrogens with one attached hydrogen (secondary N) is 2. The van der Waals surface area contributed by atoms with Crippen LogP contribution in [0.4, 0.5) is 16.5 Å². The van der Waals surface area contributed by atoms with Crippen LogP contribution in [0.2, 0.25) is 0 Å². The fourth-order valence-electron chi connectivity index (χ4n) is 3.67. The molecule has 0 saturated heterocycles. The van der Waals surface area contributed by atoms with Crippen molar-refractivity contribution < 1.29 is 9.59 Å². The van der Waals surface area contributed by atoms with E-state index < -0.39 is 0 Å². The van der Waals surface area contributed by atoms with E-state index in [1.807, 2.05) is 45.0 Å². The van der Waals surface area contributed by atoms with Crippen LogP contribution in [0.25, 0.3) is 10.2 Å². The molecular weight excluding hydrogens is 420 g/mol. The molecule has 0 unspecified atom stereocenters. The number of benzene rings is 3. The van der Waals surface area contributed by atoms with Gasteiger partial charge in [0.05, 0.1) is 16.6 Å². The average Bonchev–Trinajstić information content (AvgIpc) is 3.13. The molecule has 0 atom stereocenters. The van der Waals surface area contributed by atoms with Gasteiger partial charge in [-0.2, -0.15) is 0 Å². The molecule has 3 aromatic carbocycles. The summed E-state index contributed by atoms with van der Waals surface area (Å²) >= 11 is 1.34. The summed E-state index contributed by atoms with van der Waals surface area (Å²) in [7, 11) is 0. The number of nitrogens with zero attached hydrogens (tertiary/aromatic N) is 1. The normalized spacial score (nSPS) is 10.8. The Hall–Kier alpha value is -3.71. The second-order valence-electron chi connectivity index (χ2n) is 7.90. The molecule has 4 N–H and O–H groups in total. The second-order valence-corrected chi connectivity index (χ2v) is 8.93. The summed E-state index contributed by atoms with van der Waals surface area (Å²) in [6.07, 6.45) is 0.235. The van der Waals surface area contributed by atoms with Crippen molar-refractivity contribution in [3.8, 4) is 0 Å². The van der Waals surface area contributed by atoms with Crippen molar-refractivity contribution in [3.05, 3.63) is 82.4 Å². The zero-order valence-electron chi connectivity index (χ0n) is 18.2. The fraction of sp³-hybridized carbons (Fsp3) is 0.160. The SMILES string of the molecule is Cc1cc(C)c(NC(=O)c2ccc3nc(NC(=O)Cc4ccc(N)cc4)sc3c2)c(C)c1. The van der Waals surface area contributed by atoms with Crippen LogP contribution in [-0.4, -0.2) is 16.8 Å². The number of hydrogen-bond acceptors (Lipinski definition) is 5. The molecule has 162 valence electrons. The Morgan fingerprint density at radius 3 is 2.31 bits per heavy atom. The smallest absolute Gasteiger partial charge is 0.255 e. The molecule has 4 rings (SSSR count). The number of aryl methyl sites for hydroxylation is 3. The van der Waals surface area contributed by atoms with E-state index >= 15 is 0 Å². The van der Waals surface area contributed by atoms with Crippen LogP contribution >= 0.6 is 11.3 Å². The number of carbonyl (C=O) groups excluding carboxylic acids is 2. The Kier molecular flexibility index (Phi) is 5.92. The summed E-state index contributed by atoms with van der Waals surface area (Å²) in [4.78, 5) is 29.7. The van der Waals surface area contributed by atoms with Gasteiger partial charge in [-0.15, -0.1) is 0 Å². The van der Waals surface area contributed by atoms with E-state index in [2.05, 4.69) is 15.6 Å². The Morgan fingerprint density at radius 2 is 1.62 bits per heavy atom. The van der Waals surface area contributed by atoms with E-state index in [0.717, 1.165) is 38.2 Å². The molecular formula is C25H24N4O2S. The molecule has 6 nitrogen and oxygen atoms in total. The average molecular weight is 445 g/mol. The minimum absolute atomic E-state index is 0.155. The summed E-state index contributed by atoms with van der Waals surface area (Å²) in [5.74, 6) is -0.332. The summed E-state index contributed by atoms with van der Waals surface area (Å²) in [6.45, 7) is 6.01. The number of rotatable bonds is 5. The minimum atomic E-state index is -0.177. The third kappa shape index (κ3) is 4.78. The molecule has 0 spiro atoms. The number of carbonyl (C=O) groups is 2. The summed E-state index contributed by atoms with van der Waals surface area (Å²) < 4.78 is 0.831. The Labute approximate surface area is 190 Å². The first-order valence-corrected chi connectivity index (χ1v) is 11.0. The van der Waals surface area contributed by atoms with Crippen LogP contribution in [0.3, 0.4) is 0 Å². The highest BCUT2D eigenvalue weighted by atomic mass is 32.1. The van der Waals surface area contributed by atoms with Gasteiger partial charge in [0.1, 0.15) is 0 Å². The molecule has 7 heteroatoms. The zero-order chi connectivity index (χ0) is 22.8. The van der Waals surface area contributed by atoms with Crippen LogP contribution in [0.5, 0.6) is 0 Å². The zero-order valence-corrected chi connectivity index (χ0v) is 19.0. The van der Waals surface area contributed by atoms with Crippen LogP contribution in [0.1, 0.15) is 32.6 Å². The molecule has 2 amide bonds. The number of thiazole rings is 1. The number of hydrogen-bond donors (Lipinski definition) is 3. The largest absolute Gasteiger partial charge is 0.399 e. The Balaban J connectivity index is 1.48. The van der Waals surface area contributed by atoms with Gasteiger partial charge < -0.3 is 16.4 Å². The molecule has 0 aliphatic rings. The lowest BCUT2D eigenvalue weighted by atomic mass is 10.0. The maximum atomic E-state index is 12.9. The van der Waals surface area contributed by atoms with Crippen molar-refractivity contribution >= 4 is 49.9 Å². The van der Waals surface area contributed by atoms with Crippen molar-refractivity contribution in [2.24, 2.45) is 0 Å². The summed E-state index contributed by atoms with van der Waals surface area (Å²) in [6, 6.07) is 16.6. The van der Waals surface area contributed by atoms with Crippen molar-refractivity contribution in [2.45, 2.75) is 27.2 Å². The van der Waals surface area contributed by atoms with Crippen molar-refractivity contribution in [1.29, 1.82) is 0 Å². The number of nitrogen functional groups attached to an aromatic ring is 1. The Bertz CT molecular complexity index is 1300. The van der Waals surface area contributed by atoms with E-state index in [9.17, 15) is 9.59 Å². The highest BCUT2D eigenvalue weighted by Gasteiger charge is 2.14. The molecule has 0 fully saturated rings. The molecule has 1 aromatic heterocycles. The van der Waals surface area contributed by atoms with Crippen LogP contribution < -0.4 is 16.4 Å². The van der Waals surface area contributed by atoms with Gasteiger partial charge in [0.2, 0.25) is 5.91 Å². The summed E-state index contributed by atoms with van der Waals surface area (Å²) in [5, 5.41) is 6.37. The van der Waals surface area contributed by atoms with Crippen molar-refractivity contribution in [3.63, 3.8) is 0 Å². The number of anilines is 3. The van der Waals surface area contributed by atoms with Gasteiger partial charge >= 0.3 is 0 Å². The summed E-state index contributed by atoms with van der Waals surface area (Å²) in [5.41, 5.74) is 12.5. The molecule has 0 radical (unpaired) electrons. The van der Waals surface area contributed by atoms with Crippen molar-refractivity contribution in [2.75, 3.05) is 16.4 Å². The van der Waals surface area contributed by atoms with Gasteiger partial charge in [0.25, 0.3) is 5.91 Å². The standard InChI is InChI=1S/C25H24N4O2S/c1-14-10-15(2)23(16(3)11-14)29-24(31)18-6-9-20-21(13-18)32-25(27-20)28-22(30)12-17-4-7-19(26)8-5-17/h4-11,13H,12,26H2,1-3H3,(H,29,31)(H,27,28,30). The van der Waals surface area contributed by atoms with Gasteiger partial charge in [-0.3, -0.25) is 9.59 Å². The number of fused-ring (bicyclic) bond motifs is 1. The van der Waals surface area contributed by atoms with Gasteiger partial charge in [-0.05, 0) is 67.8 Å². The third-order valence-electron chi connectivity index (χ3n) is 5.16. The second kappa shape index (κ2) is 8.80. The van der Waals surface area contributed by atoms with E-state index in [1.54, 1.807) is 30.3 Å². The first-order valence-electron chi connectivity index (χ1n) is 10.2. The van der Waals surface area contributed by atoms with Gasteiger partial charge in [0.15, 0.2) is 5.13 Å². The lowest BCUT2D eigenvalue weighted by molar-refractivity contribution is -0.115. The highest BCUT2D eigenvalue weighted by molar-refractivity contribution is 7.22. The molecule has 32 heavy (non-hydrogen) atoms. The number of nitrogens with two attached hydrogens (primary N) is 1. The van der Waals surface area contributed by atoms with Gasteiger partial charge in [0, 0.05) is 16.9 Å². The van der Waals surface area contributed by atoms with E-state index in [4.69, 9.17) is 5.73 Å².